The zero-order valence-electron chi connectivity index (χ0n) is 6.95. The molecule has 0 bridgehead atoms. The second kappa shape index (κ2) is 3.54. The highest BCUT2D eigenvalue weighted by Gasteiger charge is 2.26. The van der Waals surface area contributed by atoms with Gasteiger partial charge < -0.3 is 0 Å². The van der Waals surface area contributed by atoms with Crippen molar-refractivity contribution >= 4 is 0 Å². The Labute approximate surface area is 68.1 Å². The number of rotatable bonds is 2. The van der Waals surface area contributed by atoms with Crippen molar-refractivity contribution in [1.82, 2.24) is 4.90 Å². The molecule has 60 valence electrons. The van der Waals surface area contributed by atoms with Gasteiger partial charge in [-0.3, -0.25) is 4.90 Å². The summed E-state index contributed by atoms with van der Waals surface area (Å²) in [5, 5.41) is 8.75. The minimum atomic E-state index is 0.128. The van der Waals surface area contributed by atoms with Crippen LogP contribution in [0.4, 0.5) is 0 Å². The fourth-order valence-electron chi connectivity index (χ4n) is 1.55. The lowest BCUT2D eigenvalue weighted by Gasteiger charge is -2.23. The Kier molecular flexibility index (Phi) is 2.67. The Morgan fingerprint density at radius 1 is 1.82 bits per heavy atom. The van der Waals surface area contributed by atoms with E-state index in [1.807, 2.05) is 6.08 Å². The van der Waals surface area contributed by atoms with Crippen LogP contribution in [0.5, 0.6) is 0 Å². The van der Waals surface area contributed by atoms with Gasteiger partial charge in [-0.25, -0.2) is 0 Å². The molecular formula is C9H14N2. The van der Waals surface area contributed by atoms with E-state index in [1.165, 1.54) is 0 Å². The van der Waals surface area contributed by atoms with Crippen molar-refractivity contribution in [3.05, 3.63) is 12.7 Å². The maximum absolute atomic E-state index is 8.75. The summed E-state index contributed by atoms with van der Waals surface area (Å²) in [5.74, 6) is 0. The zero-order chi connectivity index (χ0) is 8.27. The molecule has 0 radical (unpaired) electrons. The molecule has 1 rings (SSSR count). The monoisotopic (exact) mass is 150 g/mol. The van der Waals surface area contributed by atoms with Crippen molar-refractivity contribution in [1.29, 1.82) is 5.26 Å². The summed E-state index contributed by atoms with van der Waals surface area (Å²) < 4.78 is 0. The molecule has 1 aliphatic rings. The Morgan fingerprint density at radius 3 is 3.09 bits per heavy atom. The van der Waals surface area contributed by atoms with Gasteiger partial charge in [-0.15, -0.1) is 6.58 Å². The number of nitriles is 1. The second-order valence-corrected chi connectivity index (χ2v) is 3.00. The molecule has 1 fully saturated rings. The maximum Gasteiger partial charge on any atom is 0.0983 e. The van der Waals surface area contributed by atoms with Gasteiger partial charge in [-0.05, 0) is 19.8 Å². The van der Waals surface area contributed by atoms with E-state index < -0.39 is 0 Å². The Bertz CT molecular complexity index is 180. The molecule has 2 atom stereocenters. The molecule has 0 aliphatic carbocycles. The van der Waals surface area contributed by atoms with Gasteiger partial charge in [0.15, 0.2) is 0 Å². The number of nitrogens with zero attached hydrogens (tertiary/aromatic N) is 2. The van der Waals surface area contributed by atoms with Crippen LogP contribution in [0.3, 0.4) is 0 Å². The van der Waals surface area contributed by atoms with Crippen LogP contribution in [0, 0.1) is 11.3 Å². The van der Waals surface area contributed by atoms with E-state index in [0.717, 1.165) is 19.4 Å². The van der Waals surface area contributed by atoms with Crippen molar-refractivity contribution in [3.63, 3.8) is 0 Å². The van der Waals surface area contributed by atoms with Crippen LogP contribution in [-0.4, -0.2) is 23.5 Å². The summed E-state index contributed by atoms with van der Waals surface area (Å²) in [5.41, 5.74) is 0. The van der Waals surface area contributed by atoms with E-state index in [1.54, 1.807) is 0 Å². The van der Waals surface area contributed by atoms with Crippen LogP contribution in [0.25, 0.3) is 0 Å². The molecular weight excluding hydrogens is 136 g/mol. The maximum atomic E-state index is 8.75. The minimum absolute atomic E-state index is 0.128. The van der Waals surface area contributed by atoms with Crippen molar-refractivity contribution < 1.29 is 0 Å². The summed E-state index contributed by atoms with van der Waals surface area (Å²) in [6.07, 6.45) is 4.07. The average molecular weight is 150 g/mol. The third-order valence-electron chi connectivity index (χ3n) is 2.31. The first kappa shape index (κ1) is 8.29. The van der Waals surface area contributed by atoms with Gasteiger partial charge in [0.2, 0.25) is 0 Å². The third kappa shape index (κ3) is 1.61. The fourth-order valence-corrected chi connectivity index (χ4v) is 1.55. The van der Waals surface area contributed by atoms with Crippen LogP contribution in [0.15, 0.2) is 12.7 Å². The molecule has 0 aromatic rings. The number of hydrogen-bond acceptors (Lipinski definition) is 2. The summed E-state index contributed by atoms with van der Waals surface area (Å²) >= 11 is 0. The van der Waals surface area contributed by atoms with E-state index in [2.05, 4.69) is 24.5 Å². The standard InChI is InChI=1S/C9H14N2/c1-3-8(2)11-6-4-5-9(11)7-10/h3,8-9H,1,4-6H2,2H3. The SMILES string of the molecule is C=CC(C)N1CCCC1C#N. The molecule has 1 aliphatic heterocycles. The van der Waals surface area contributed by atoms with E-state index in [4.69, 9.17) is 5.26 Å². The molecule has 0 amide bonds. The second-order valence-electron chi connectivity index (χ2n) is 3.00. The molecule has 11 heavy (non-hydrogen) atoms. The summed E-state index contributed by atoms with van der Waals surface area (Å²) in [4.78, 5) is 2.20. The molecule has 0 aromatic carbocycles. The molecule has 0 spiro atoms. The van der Waals surface area contributed by atoms with Crippen LogP contribution in [0.2, 0.25) is 0 Å². The van der Waals surface area contributed by atoms with Gasteiger partial charge in [0.25, 0.3) is 0 Å². The first-order valence-electron chi connectivity index (χ1n) is 4.07. The molecule has 0 aromatic heterocycles. The predicted octanol–water partition coefficient (Wildman–Crippen LogP) is 1.55. The molecule has 2 unspecified atom stereocenters. The highest BCUT2D eigenvalue weighted by molar-refractivity contribution is 5.00. The largest absolute Gasteiger partial charge is 0.282 e. The summed E-state index contributed by atoms with van der Waals surface area (Å²) in [7, 11) is 0. The van der Waals surface area contributed by atoms with Gasteiger partial charge in [0, 0.05) is 12.6 Å². The van der Waals surface area contributed by atoms with Crippen molar-refractivity contribution in [2.45, 2.75) is 31.8 Å². The average Bonchev–Trinajstić information content (AvgIpc) is 2.50. The van der Waals surface area contributed by atoms with Crippen molar-refractivity contribution in [2.75, 3.05) is 6.54 Å². The lowest BCUT2D eigenvalue weighted by Crippen LogP contribution is -2.34. The highest BCUT2D eigenvalue weighted by atomic mass is 15.2. The summed E-state index contributed by atoms with van der Waals surface area (Å²) in [6, 6.07) is 2.78. The quantitative estimate of drug-likeness (QED) is 0.558. The van der Waals surface area contributed by atoms with Gasteiger partial charge in [0.05, 0.1) is 12.1 Å². The van der Waals surface area contributed by atoms with Crippen molar-refractivity contribution in [2.24, 2.45) is 0 Å². The molecule has 1 heterocycles. The zero-order valence-corrected chi connectivity index (χ0v) is 6.95. The van der Waals surface area contributed by atoms with Gasteiger partial charge in [-0.1, -0.05) is 6.08 Å². The van der Waals surface area contributed by atoms with Gasteiger partial charge in [-0.2, -0.15) is 5.26 Å². The summed E-state index contributed by atoms with van der Waals surface area (Å²) in [6.45, 7) is 6.86. The lowest BCUT2D eigenvalue weighted by molar-refractivity contribution is 0.259. The van der Waals surface area contributed by atoms with E-state index in [0.29, 0.717) is 6.04 Å². The lowest BCUT2D eigenvalue weighted by atomic mass is 10.2. The normalized spacial score (nSPS) is 27.8. The molecule has 2 nitrogen and oxygen atoms in total. The molecule has 1 saturated heterocycles. The van der Waals surface area contributed by atoms with E-state index in [-0.39, 0.29) is 6.04 Å². The van der Waals surface area contributed by atoms with Crippen molar-refractivity contribution in [3.8, 4) is 6.07 Å². The number of hydrogen-bond donors (Lipinski definition) is 0. The van der Waals surface area contributed by atoms with E-state index in [9.17, 15) is 0 Å². The highest BCUT2D eigenvalue weighted by Crippen LogP contribution is 2.19. The van der Waals surface area contributed by atoms with Crippen LogP contribution in [-0.2, 0) is 0 Å². The first-order chi connectivity index (χ1) is 5.29. The Balaban J connectivity index is 2.57. The molecule has 0 saturated carbocycles. The van der Waals surface area contributed by atoms with E-state index >= 15 is 0 Å². The van der Waals surface area contributed by atoms with Crippen LogP contribution in [0.1, 0.15) is 19.8 Å². The van der Waals surface area contributed by atoms with Gasteiger partial charge in [0.1, 0.15) is 0 Å². The smallest absolute Gasteiger partial charge is 0.0983 e. The van der Waals surface area contributed by atoms with Gasteiger partial charge >= 0.3 is 0 Å². The Morgan fingerprint density at radius 2 is 2.55 bits per heavy atom. The minimum Gasteiger partial charge on any atom is -0.282 e. The Hall–Kier alpha value is -0.810. The molecule has 0 N–H and O–H groups in total. The van der Waals surface area contributed by atoms with Crippen LogP contribution < -0.4 is 0 Å². The first-order valence-corrected chi connectivity index (χ1v) is 4.07. The fraction of sp³-hybridized carbons (Fsp3) is 0.667. The topological polar surface area (TPSA) is 27.0 Å². The van der Waals surface area contributed by atoms with Crippen LogP contribution >= 0.6 is 0 Å². The predicted molar refractivity (Wildman–Crippen MR) is 45.0 cm³/mol. The third-order valence-corrected chi connectivity index (χ3v) is 2.31. The number of likely N-dealkylation sites (tertiary alicyclic amines) is 1. The molecule has 2 heteroatoms.